The lowest BCUT2D eigenvalue weighted by Gasteiger charge is -2.34. The average Bonchev–Trinajstić information content (AvgIpc) is 2.97. The van der Waals surface area contributed by atoms with Gasteiger partial charge in [0.2, 0.25) is 5.95 Å². The molecule has 1 amide bonds. The van der Waals surface area contributed by atoms with Crippen molar-refractivity contribution in [3.8, 4) is 34.1 Å². The third kappa shape index (κ3) is 6.23. The van der Waals surface area contributed by atoms with E-state index in [1.54, 1.807) is 30.3 Å². The summed E-state index contributed by atoms with van der Waals surface area (Å²) < 4.78 is 22.6. The Balaban J connectivity index is 1.51. The number of halogens is 2. The molecule has 1 fully saturated rings. The van der Waals surface area contributed by atoms with Crippen molar-refractivity contribution in [2.45, 2.75) is 45.3 Å². The van der Waals surface area contributed by atoms with E-state index in [9.17, 15) is 10.1 Å². The van der Waals surface area contributed by atoms with Crippen LogP contribution in [-0.4, -0.2) is 54.1 Å². The smallest absolute Gasteiger partial charge is 0.251 e. The molecule has 7 nitrogen and oxygen atoms in total. The van der Waals surface area contributed by atoms with E-state index in [1.807, 2.05) is 12.1 Å². The zero-order valence-corrected chi connectivity index (χ0v) is 25.4. The van der Waals surface area contributed by atoms with Crippen LogP contribution < -0.4 is 15.4 Å². The Hall–Kier alpha value is -3.49. The van der Waals surface area contributed by atoms with Gasteiger partial charge in [0, 0.05) is 52.5 Å². The predicted molar refractivity (Wildman–Crippen MR) is 168 cm³/mol. The molecular weight excluding hydrogens is 632 g/mol. The average molecular weight is 666 g/mol. The third-order valence-electron chi connectivity index (χ3n) is 7.71. The monoisotopic (exact) mass is 665 g/mol. The van der Waals surface area contributed by atoms with E-state index in [1.165, 1.54) is 0 Å². The van der Waals surface area contributed by atoms with Crippen molar-refractivity contribution in [3.63, 3.8) is 0 Å². The molecule has 0 saturated carbocycles. The van der Waals surface area contributed by atoms with Gasteiger partial charge in [0.25, 0.3) is 5.91 Å². The fraction of sp³-hybridized carbons (Fsp3) is 0.344. The number of ether oxygens (including phenoxy) is 1. The van der Waals surface area contributed by atoms with Gasteiger partial charge in [0.05, 0.1) is 5.56 Å². The van der Waals surface area contributed by atoms with Gasteiger partial charge in [-0.15, -0.1) is 6.58 Å². The van der Waals surface area contributed by atoms with Crippen LogP contribution in [0.5, 0.6) is 5.75 Å². The molecule has 0 spiro atoms. The van der Waals surface area contributed by atoms with E-state index in [0.29, 0.717) is 59.4 Å². The molecular formula is C32H33FIN5O2. The largest absolute Gasteiger partial charge is 0.489 e. The number of likely N-dealkylation sites (tertiary alicyclic amines) is 1. The predicted octanol–water partition coefficient (Wildman–Crippen LogP) is 6.17. The van der Waals surface area contributed by atoms with E-state index in [4.69, 9.17) is 4.74 Å². The number of piperidine rings is 1. The molecule has 2 aromatic carbocycles. The zero-order chi connectivity index (χ0) is 29.1. The third-order valence-corrected chi connectivity index (χ3v) is 8.60. The van der Waals surface area contributed by atoms with E-state index >= 15 is 4.39 Å². The summed E-state index contributed by atoms with van der Waals surface area (Å²) in [5, 5.41) is 16.0. The number of nitrogens with one attached hydrogen (secondary N) is 2. The lowest BCUT2D eigenvalue weighted by Crippen LogP contribution is -2.41. The van der Waals surface area contributed by atoms with Crippen LogP contribution in [0, 0.1) is 20.8 Å². The Labute approximate surface area is 253 Å². The Morgan fingerprint density at radius 1 is 1.22 bits per heavy atom. The lowest BCUT2D eigenvalue weighted by molar-refractivity contribution is 0.0841. The van der Waals surface area contributed by atoms with Crippen molar-refractivity contribution in [1.82, 2.24) is 15.2 Å². The first kappa shape index (κ1) is 29.0. The first-order valence-electron chi connectivity index (χ1n) is 13.9. The van der Waals surface area contributed by atoms with Gasteiger partial charge in [0.1, 0.15) is 23.7 Å². The maximum atomic E-state index is 15.5. The molecule has 0 atom stereocenters. The number of amides is 1. The number of aromatic nitrogens is 1. The molecule has 2 aliphatic rings. The number of rotatable bonds is 8. The maximum absolute atomic E-state index is 15.5. The van der Waals surface area contributed by atoms with Gasteiger partial charge in [-0.05, 0) is 103 Å². The van der Waals surface area contributed by atoms with Gasteiger partial charge in [-0.2, -0.15) is 9.65 Å². The number of nitrogens with zero attached hydrogens (tertiary/aromatic N) is 3. The molecule has 1 aromatic heterocycles. The Morgan fingerprint density at radius 2 is 2.00 bits per heavy atom. The zero-order valence-electron chi connectivity index (χ0n) is 23.3. The van der Waals surface area contributed by atoms with Crippen LogP contribution in [0.3, 0.4) is 0 Å². The molecule has 41 heavy (non-hydrogen) atoms. The number of carbonyl (C=O) groups is 1. The summed E-state index contributed by atoms with van der Waals surface area (Å²) in [5.74, 6) is 0.166. The molecule has 5 rings (SSSR count). The number of carbonyl (C=O) groups excluding carboxylic acids is 1. The fourth-order valence-corrected chi connectivity index (χ4v) is 6.19. The molecule has 3 aromatic rings. The number of anilines is 1. The molecule has 9 heteroatoms. The summed E-state index contributed by atoms with van der Waals surface area (Å²) in [4.78, 5) is 19.1. The second-order valence-electron chi connectivity index (χ2n) is 10.7. The lowest BCUT2D eigenvalue weighted by atomic mass is 9.93. The van der Waals surface area contributed by atoms with E-state index in [-0.39, 0.29) is 17.6 Å². The SMILES string of the molecule is C=CCNc1nc(F)c(-c2ccc(OC3CCN(C(C)C)CC3)c(C#N)c2)cc1-c1cc2c(cc1I)C(=O)NCC2. The Morgan fingerprint density at radius 3 is 2.71 bits per heavy atom. The quantitative estimate of drug-likeness (QED) is 0.170. The maximum Gasteiger partial charge on any atom is 0.251 e. The van der Waals surface area contributed by atoms with Crippen molar-refractivity contribution in [1.29, 1.82) is 5.26 Å². The van der Waals surface area contributed by atoms with Crippen molar-refractivity contribution in [3.05, 3.63) is 75.3 Å². The molecule has 2 N–H and O–H groups in total. The summed E-state index contributed by atoms with van der Waals surface area (Å²) in [5.41, 5.74) is 4.34. The minimum absolute atomic E-state index is 0.0383. The molecule has 3 heterocycles. The van der Waals surface area contributed by atoms with Crippen LogP contribution in [0.25, 0.3) is 22.3 Å². The highest BCUT2D eigenvalue weighted by molar-refractivity contribution is 14.1. The minimum Gasteiger partial charge on any atom is -0.489 e. The van der Waals surface area contributed by atoms with Crippen molar-refractivity contribution < 1.29 is 13.9 Å². The number of hydrogen-bond acceptors (Lipinski definition) is 6. The first-order valence-corrected chi connectivity index (χ1v) is 15.0. The standard InChI is InChI=1S/C32H33FIN5O2/c1-4-10-36-31-27(26-15-21-7-11-37-32(40)25(21)17-28(26)34)16-24(30(33)38-31)20-5-6-29(22(14-20)18-35)41-23-8-12-39(13-9-23)19(2)3/h4-6,14-17,19,23H,1,7-13H2,2-3H3,(H,36,38)(H,37,40). The highest BCUT2D eigenvalue weighted by Gasteiger charge is 2.25. The second kappa shape index (κ2) is 12.6. The summed E-state index contributed by atoms with van der Waals surface area (Å²) in [6, 6.07) is 13.6. The highest BCUT2D eigenvalue weighted by Crippen LogP contribution is 2.38. The number of pyridine rings is 1. The molecule has 212 valence electrons. The summed E-state index contributed by atoms with van der Waals surface area (Å²) in [7, 11) is 0. The summed E-state index contributed by atoms with van der Waals surface area (Å²) >= 11 is 2.20. The summed E-state index contributed by atoms with van der Waals surface area (Å²) in [6.45, 7) is 11.0. The second-order valence-corrected chi connectivity index (χ2v) is 11.8. The highest BCUT2D eigenvalue weighted by atomic mass is 127. The van der Waals surface area contributed by atoms with Gasteiger partial charge in [-0.25, -0.2) is 4.98 Å². The number of nitriles is 1. The normalized spacial score (nSPS) is 15.7. The molecule has 1 saturated heterocycles. The van der Waals surface area contributed by atoms with E-state index in [2.05, 4.69) is 69.6 Å². The van der Waals surface area contributed by atoms with Crippen LogP contribution in [0.2, 0.25) is 0 Å². The first-order chi connectivity index (χ1) is 19.8. The van der Waals surface area contributed by atoms with Crippen LogP contribution in [-0.2, 0) is 6.42 Å². The van der Waals surface area contributed by atoms with Crippen LogP contribution >= 0.6 is 22.6 Å². The molecule has 0 bridgehead atoms. The van der Waals surface area contributed by atoms with Gasteiger partial charge in [0.15, 0.2) is 0 Å². The topological polar surface area (TPSA) is 90.3 Å². The van der Waals surface area contributed by atoms with Gasteiger partial charge in [-0.3, -0.25) is 4.79 Å². The van der Waals surface area contributed by atoms with Crippen LogP contribution in [0.1, 0.15) is 48.2 Å². The van der Waals surface area contributed by atoms with Gasteiger partial charge < -0.3 is 20.3 Å². The fourth-order valence-electron chi connectivity index (χ4n) is 5.43. The van der Waals surface area contributed by atoms with Crippen molar-refractivity contribution in [2.75, 3.05) is 31.5 Å². The Bertz CT molecular complexity index is 1530. The molecule has 0 unspecified atom stereocenters. The van der Waals surface area contributed by atoms with E-state index < -0.39 is 5.95 Å². The van der Waals surface area contributed by atoms with Crippen LogP contribution in [0.4, 0.5) is 10.2 Å². The van der Waals surface area contributed by atoms with Gasteiger partial charge >= 0.3 is 0 Å². The van der Waals surface area contributed by atoms with E-state index in [0.717, 1.165) is 40.6 Å². The summed E-state index contributed by atoms with van der Waals surface area (Å²) in [6.07, 6.45) is 4.23. The molecule has 0 aliphatic carbocycles. The molecule has 2 aliphatic heterocycles. The minimum atomic E-state index is -0.647. The van der Waals surface area contributed by atoms with Crippen LogP contribution in [0.15, 0.2) is 49.1 Å². The van der Waals surface area contributed by atoms with Crippen molar-refractivity contribution >= 4 is 34.3 Å². The number of hydrogen-bond donors (Lipinski definition) is 2. The van der Waals surface area contributed by atoms with Crippen molar-refractivity contribution in [2.24, 2.45) is 0 Å². The number of benzene rings is 2. The molecule has 0 radical (unpaired) electrons. The number of fused-ring (bicyclic) bond motifs is 1. The Kier molecular flexibility index (Phi) is 8.90. The van der Waals surface area contributed by atoms with Gasteiger partial charge in [-0.1, -0.05) is 12.1 Å².